The van der Waals surface area contributed by atoms with Gasteiger partial charge in [0.25, 0.3) is 0 Å². The number of rotatable bonds is 7. The van der Waals surface area contributed by atoms with Crippen molar-refractivity contribution >= 4 is 0 Å². The molecule has 0 amide bonds. The van der Waals surface area contributed by atoms with Gasteiger partial charge in [0, 0.05) is 19.2 Å². The molecule has 102 valence electrons. The Labute approximate surface area is 113 Å². The second kappa shape index (κ2) is 6.89. The second-order valence-corrected chi connectivity index (χ2v) is 4.29. The highest BCUT2D eigenvalue weighted by atomic mass is 16.5. The third-order valence-corrected chi connectivity index (χ3v) is 2.62. The van der Waals surface area contributed by atoms with E-state index in [9.17, 15) is 0 Å². The van der Waals surface area contributed by atoms with Crippen molar-refractivity contribution < 1.29 is 4.74 Å². The summed E-state index contributed by atoms with van der Waals surface area (Å²) in [6.45, 7) is 6.77. The van der Waals surface area contributed by atoms with Crippen LogP contribution in [0.2, 0.25) is 0 Å². The van der Waals surface area contributed by atoms with Crippen molar-refractivity contribution in [1.29, 1.82) is 0 Å². The van der Waals surface area contributed by atoms with Crippen molar-refractivity contribution in [3.63, 3.8) is 0 Å². The summed E-state index contributed by atoms with van der Waals surface area (Å²) in [5.74, 6) is 1.33. The maximum Gasteiger partial charge on any atom is 0.219 e. The molecular weight excluding hydrogens is 240 g/mol. The van der Waals surface area contributed by atoms with Gasteiger partial charge in [-0.3, -0.25) is 4.68 Å². The van der Waals surface area contributed by atoms with E-state index >= 15 is 0 Å². The van der Waals surface area contributed by atoms with Crippen LogP contribution in [0.15, 0.2) is 30.6 Å². The van der Waals surface area contributed by atoms with Gasteiger partial charge in [-0.15, -0.1) is 0 Å². The van der Waals surface area contributed by atoms with Crippen LogP contribution >= 0.6 is 0 Å². The Hall–Kier alpha value is -1.88. The lowest BCUT2D eigenvalue weighted by molar-refractivity contribution is 0.458. The summed E-state index contributed by atoms with van der Waals surface area (Å²) in [4.78, 5) is 4.44. The molecule has 2 aromatic heterocycles. The molecule has 5 nitrogen and oxygen atoms in total. The lowest BCUT2D eigenvalue weighted by Gasteiger charge is -2.05. The normalized spacial score (nSPS) is 10.6. The van der Waals surface area contributed by atoms with Crippen molar-refractivity contribution in [2.75, 3.05) is 6.54 Å². The Balaban J connectivity index is 2.01. The first kappa shape index (κ1) is 13.5. The molecule has 2 heterocycles. The van der Waals surface area contributed by atoms with Crippen molar-refractivity contribution in [2.45, 2.75) is 33.4 Å². The van der Waals surface area contributed by atoms with Gasteiger partial charge in [-0.25, -0.2) is 4.98 Å². The third-order valence-electron chi connectivity index (χ3n) is 2.62. The molecule has 1 N–H and O–H groups in total. The van der Waals surface area contributed by atoms with Crippen molar-refractivity contribution in [3.05, 3.63) is 36.3 Å². The van der Waals surface area contributed by atoms with Crippen LogP contribution in [0.5, 0.6) is 11.6 Å². The van der Waals surface area contributed by atoms with Crippen LogP contribution in [0.25, 0.3) is 0 Å². The lowest BCUT2D eigenvalue weighted by atomic mass is 10.3. The van der Waals surface area contributed by atoms with E-state index in [1.807, 2.05) is 29.1 Å². The third kappa shape index (κ3) is 4.06. The molecular formula is C14H20N4O. The van der Waals surface area contributed by atoms with Gasteiger partial charge in [0.15, 0.2) is 5.75 Å². The zero-order valence-electron chi connectivity index (χ0n) is 11.5. The molecule has 0 unspecified atom stereocenters. The highest BCUT2D eigenvalue weighted by Crippen LogP contribution is 2.18. The fraction of sp³-hybridized carbons (Fsp3) is 0.429. The summed E-state index contributed by atoms with van der Waals surface area (Å²) in [6, 6.07) is 5.79. The molecule has 0 saturated heterocycles. The van der Waals surface area contributed by atoms with Gasteiger partial charge < -0.3 is 10.1 Å². The predicted molar refractivity (Wildman–Crippen MR) is 74.2 cm³/mol. The molecule has 0 aliphatic heterocycles. The van der Waals surface area contributed by atoms with E-state index in [0.29, 0.717) is 5.88 Å². The van der Waals surface area contributed by atoms with Crippen molar-refractivity contribution in [3.8, 4) is 11.6 Å². The lowest BCUT2D eigenvalue weighted by Crippen LogP contribution is -2.12. The Kier molecular flexibility index (Phi) is 4.92. The zero-order valence-corrected chi connectivity index (χ0v) is 11.5. The van der Waals surface area contributed by atoms with Crippen LogP contribution in [0.4, 0.5) is 0 Å². The predicted octanol–water partition coefficient (Wildman–Crippen LogP) is 2.59. The molecule has 0 fully saturated rings. The first-order chi connectivity index (χ1) is 9.31. The summed E-state index contributed by atoms with van der Waals surface area (Å²) in [6.07, 6.45) is 4.66. The van der Waals surface area contributed by atoms with Gasteiger partial charge in [0.1, 0.15) is 0 Å². The topological polar surface area (TPSA) is 52.0 Å². The highest BCUT2D eigenvalue weighted by molar-refractivity contribution is 5.23. The number of aromatic nitrogens is 3. The smallest absolute Gasteiger partial charge is 0.219 e. The van der Waals surface area contributed by atoms with Gasteiger partial charge in [-0.05, 0) is 19.0 Å². The second-order valence-electron chi connectivity index (χ2n) is 4.29. The average Bonchev–Trinajstić information content (AvgIpc) is 2.85. The molecule has 0 spiro atoms. The summed E-state index contributed by atoms with van der Waals surface area (Å²) >= 11 is 0. The van der Waals surface area contributed by atoms with Crippen molar-refractivity contribution in [2.24, 2.45) is 0 Å². The van der Waals surface area contributed by atoms with E-state index < -0.39 is 0 Å². The number of hydrogen-bond donors (Lipinski definition) is 1. The van der Waals surface area contributed by atoms with Gasteiger partial charge in [-0.2, -0.15) is 5.10 Å². The van der Waals surface area contributed by atoms with Crippen LogP contribution in [0, 0.1) is 0 Å². The molecule has 0 aliphatic carbocycles. The quantitative estimate of drug-likeness (QED) is 0.831. The van der Waals surface area contributed by atoms with Crippen LogP contribution < -0.4 is 10.1 Å². The molecule has 0 saturated carbocycles. The minimum atomic E-state index is 0.603. The van der Waals surface area contributed by atoms with E-state index in [1.165, 1.54) is 0 Å². The highest BCUT2D eigenvalue weighted by Gasteiger charge is 2.03. The minimum Gasteiger partial charge on any atom is -0.436 e. The number of pyridine rings is 1. The van der Waals surface area contributed by atoms with Crippen LogP contribution in [-0.2, 0) is 13.1 Å². The Bertz CT molecular complexity index is 510. The SMILES string of the molecule is CCCn1cc(Oc2cccc(CNCC)n2)cn1. The first-order valence-corrected chi connectivity index (χ1v) is 6.68. The van der Waals surface area contributed by atoms with E-state index in [-0.39, 0.29) is 0 Å². The number of nitrogens with one attached hydrogen (secondary N) is 1. The molecule has 0 aliphatic rings. The summed E-state index contributed by atoms with van der Waals surface area (Å²) in [7, 11) is 0. The molecule has 0 radical (unpaired) electrons. The average molecular weight is 260 g/mol. The number of ether oxygens (including phenoxy) is 1. The monoisotopic (exact) mass is 260 g/mol. The largest absolute Gasteiger partial charge is 0.436 e. The van der Waals surface area contributed by atoms with E-state index in [4.69, 9.17) is 4.74 Å². The zero-order chi connectivity index (χ0) is 13.5. The molecule has 2 aromatic rings. The standard InChI is InChI=1S/C14H20N4O/c1-3-8-18-11-13(10-16-18)19-14-7-5-6-12(17-14)9-15-4-2/h5-7,10-11,15H,3-4,8-9H2,1-2H3. The van der Waals surface area contributed by atoms with E-state index in [1.54, 1.807) is 6.20 Å². The maximum absolute atomic E-state index is 5.70. The molecule has 0 atom stereocenters. The van der Waals surface area contributed by atoms with Crippen LogP contribution in [0.1, 0.15) is 26.0 Å². The van der Waals surface area contributed by atoms with Gasteiger partial charge in [0.05, 0.1) is 18.1 Å². The van der Waals surface area contributed by atoms with E-state index in [0.717, 1.165) is 37.5 Å². The van der Waals surface area contributed by atoms with Gasteiger partial charge >= 0.3 is 0 Å². The summed E-state index contributed by atoms with van der Waals surface area (Å²) < 4.78 is 7.58. The number of nitrogens with zero attached hydrogens (tertiary/aromatic N) is 3. The summed E-state index contributed by atoms with van der Waals surface area (Å²) in [5, 5.41) is 7.47. The van der Waals surface area contributed by atoms with Crippen LogP contribution in [-0.4, -0.2) is 21.3 Å². The van der Waals surface area contributed by atoms with E-state index in [2.05, 4.69) is 29.2 Å². The number of hydrogen-bond acceptors (Lipinski definition) is 4. The molecule has 2 rings (SSSR count). The Morgan fingerprint density at radius 1 is 1.32 bits per heavy atom. The molecule has 0 aromatic carbocycles. The van der Waals surface area contributed by atoms with Gasteiger partial charge in [0.2, 0.25) is 5.88 Å². The van der Waals surface area contributed by atoms with Crippen LogP contribution in [0.3, 0.4) is 0 Å². The Morgan fingerprint density at radius 3 is 3.00 bits per heavy atom. The number of aryl methyl sites for hydroxylation is 1. The molecule has 0 bridgehead atoms. The molecule has 5 heteroatoms. The minimum absolute atomic E-state index is 0.603. The summed E-state index contributed by atoms with van der Waals surface area (Å²) in [5.41, 5.74) is 0.973. The molecule has 19 heavy (non-hydrogen) atoms. The first-order valence-electron chi connectivity index (χ1n) is 6.68. The fourth-order valence-electron chi connectivity index (χ4n) is 1.74. The van der Waals surface area contributed by atoms with Gasteiger partial charge in [-0.1, -0.05) is 19.9 Å². The maximum atomic E-state index is 5.70. The fourth-order valence-corrected chi connectivity index (χ4v) is 1.74. The van der Waals surface area contributed by atoms with Crippen molar-refractivity contribution in [1.82, 2.24) is 20.1 Å². The Morgan fingerprint density at radius 2 is 2.21 bits per heavy atom.